The Kier molecular flexibility index (Phi) is 11.9. The zero-order valence-corrected chi connectivity index (χ0v) is 22.1. The van der Waals surface area contributed by atoms with Crippen LogP contribution < -0.4 is 0 Å². The van der Waals surface area contributed by atoms with Gasteiger partial charge in [0.15, 0.2) is 0 Å². The molecule has 0 N–H and O–H groups in total. The fourth-order valence-corrected chi connectivity index (χ4v) is 11.0. The van der Waals surface area contributed by atoms with Crippen LogP contribution in [0.3, 0.4) is 0 Å². The van der Waals surface area contributed by atoms with E-state index in [0.29, 0.717) is 0 Å². The fraction of sp³-hybridized carbons (Fsp3) is 0.818. The average molecular weight is 580 g/mol. The summed E-state index contributed by atoms with van der Waals surface area (Å²) in [5.74, 6) is 0. The molecule has 0 spiro atoms. The van der Waals surface area contributed by atoms with Crippen LogP contribution in [0.4, 0.5) is 0 Å². The van der Waals surface area contributed by atoms with Gasteiger partial charge < -0.3 is 0 Å². The number of hydrogen-bond acceptors (Lipinski definition) is 3. The molecule has 0 aromatic carbocycles. The normalized spacial score (nSPS) is 17.0. The van der Waals surface area contributed by atoms with Gasteiger partial charge in [-0.05, 0) is 0 Å². The van der Waals surface area contributed by atoms with Crippen LogP contribution in [0, 0.1) is 0 Å². The van der Waals surface area contributed by atoms with E-state index in [-0.39, 0.29) is 5.54 Å². The van der Waals surface area contributed by atoms with Crippen molar-refractivity contribution in [3.63, 3.8) is 0 Å². The summed E-state index contributed by atoms with van der Waals surface area (Å²) in [5.41, 5.74) is 1.76. The van der Waals surface area contributed by atoms with Crippen LogP contribution in [0.5, 0.6) is 0 Å². The Morgan fingerprint density at radius 2 is 1.41 bits per heavy atom. The quantitative estimate of drug-likeness (QED) is 0.151. The van der Waals surface area contributed by atoms with Crippen molar-refractivity contribution in [2.75, 3.05) is 21.3 Å². The monoisotopic (exact) mass is 579 g/mol. The average Bonchev–Trinajstić information content (AvgIpc) is 3.13. The minimum absolute atomic E-state index is 0.273. The van der Waals surface area contributed by atoms with Crippen LogP contribution in [0.15, 0.2) is 21.7 Å². The first-order valence-corrected chi connectivity index (χ1v) is 20.0. The van der Waals surface area contributed by atoms with E-state index in [4.69, 9.17) is 13.3 Å². The second-order valence-corrected chi connectivity index (χ2v) is 22.6. The van der Waals surface area contributed by atoms with Gasteiger partial charge in [0.2, 0.25) is 0 Å². The molecule has 0 aromatic rings. The summed E-state index contributed by atoms with van der Waals surface area (Å²) in [6.07, 6.45) is 17.6. The van der Waals surface area contributed by atoms with Gasteiger partial charge in [-0.2, -0.15) is 0 Å². The maximum absolute atomic E-state index is 5.94. The van der Waals surface area contributed by atoms with Gasteiger partial charge in [-0.15, -0.1) is 0 Å². The predicted molar refractivity (Wildman–Crippen MR) is 116 cm³/mol. The first kappa shape index (κ1) is 25.3. The molecule has 164 valence electrons. The summed E-state index contributed by atoms with van der Waals surface area (Å²) < 4.78 is 19.5. The van der Waals surface area contributed by atoms with Gasteiger partial charge in [0, 0.05) is 0 Å². The molecular weight excluding hydrogens is 535 g/mol. The molecule has 0 heterocycles. The molecular formula is C22H44O3PtSi. The second kappa shape index (κ2) is 12.7. The van der Waals surface area contributed by atoms with Gasteiger partial charge in [0.05, 0.1) is 0 Å². The Morgan fingerprint density at radius 3 is 1.89 bits per heavy atom. The van der Waals surface area contributed by atoms with E-state index in [1.165, 1.54) is 56.9 Å². The van der Waals surface area contributed by atoms with Gasteiger partial charge >= 0.3 is 167 Å². The van der Waals surface area contributed by atoms with Gasteiger partial charge in [-0.25, -0.2) is 0 Å². The van der Waals surface area contributed by atoms with Gasteiger partial charge in [-0.3, -0.25) is 0 Å². The minimum atomic E-state index is -2.70. The Bertz CT molecular complexity index is 470. The first-order chi connectivity index (χ1) is 12.9. The summed E-state index contributed by atoms with van der Waals surface area (Å²) in [6.45, 7) is 2.28. The van der Waals surface area contributed by atoms with E-state index in [1.807, 2.05) is 0 Å². The van der Waals surface area contributed by atoms with Crippen molar-refractivity contribution in [2.45, 2.75) is 92.6 Å². The molecule has 1 unspecified atom stereocenters. The zero-order chi connectivity index (χ0) is 20.3. The molecule has 0 saturated carbocycles. The first-order valence-electron chi connectivity index (χ1n) is 10.3. The summed E-state index contributed by atoms with van der Waals surface area (Å²) in [7, 11) is 2.58. The molecule has 0 amide bonds. The number of unbranched alkanes of at least 4 members (excludes halogenated alkanes) is 7. The summed E-state index contributed by atoms with van der Waals surface area (Å²) in [5, 5.41) is 7.45. The second-order valence-electron chi connectivity index (χ2n) is 7.88. The third-order valence-corrected chi connectivity index (χ3v) is 13.8. The molecule has 0 aromatic heterocycles. The number of hydrogen-bond donors (Lipinski definition) is 0. The maximum atomic E-state index is 5.94. The summed E-state index contributed by atoms with van der Waals surface area (Å²) in [4.78, 5) is 0. The summed E-state index contributed by atoms with van der Waals surface area (Å²) >= 11 is -1.83. The molecule has 1 aliphatic rings. The zero-order valence-electron chi connectivity index (χ0n) is 18.8. The van der Waals surface area contributed by atoms with Crippen molar-refractivity contribution >= 4 is 8.80 Å². The molecule has 0 radical (unpaired) electrons. The Balaban J connectivity index is 2.81. The van der Waals surface area contributed by atoms with Crippen molar-refractivity contribution in [2.24, 2.45) is 0 Å². The molecule has 1 atom stereocenters. The third kappa shape index (κ3) is 7.55. The van der Waals surface area contributed by atoms with Gasteiger partial charge in [-0.1, -0.05) is 6.92 Å². The Morgan fingerprint density at radius 1 is 0.889 bits per heavy atom. The van der Waals surface area contributed by atoms with Crippen LogP contribution >= 0.6 is 0 Å². The van der Waals surface area contributed by atoms with Crippen LogP contribution in [-0.4, -0.2) is 30.1 Å². The van der Waals surface area contributed by atoms with Crippen molar-refractivity contribution in [1.29, 1.82) is 0 Å². The van der Waals surface area contributed by atoms with Crippen LogP contribution in [0.25, 0.3) is 0 Å². The molecule has 1 aliphatic carbocycles. The van der Waals surface area contributed by atoms with Crippen molar-refractivity contribution in [3.05, 3.63) is 21.7 Å². The Labute approximate surface area is 173 Å². The molecule has 5 heteroatoms. The van der Waals surface area contributed by atoms with Crippen LogP contribution in [-0.2, 0) is 29.3 Å². The topological polar surface area (TPSA) is 27.7 Å². The van der Waals surface area contributed by atoms with E-state index in [0.717, 1.165) is 12.8 Å². The van der Waals surface area contributed by atoms with Crippen LogP contribution in [0.1, 0.15) is 71.1 Å². The molecule has 0 aliphatic heterocycles. The molecule has 1 rings (SSSR count). The standard InChI is InChI=1S/C19H35O3Si.3CH3.Pt/c1-5-6-7-8-9-10-11-12-17-19(18-15-13-14-16-18)23(20-2,21-3)22-4;;;;/h13,15,19H,5-12,14,17H2,1-4H3;3*1H3;. The predicted octanol–water partition coefficient (Wildman–Crippen LogP) is 7.28. The molecule has 0 fully saturated rings. The third-order valence-electron chi connectivity index (χ3n) is 5.45. The van der Waals surface area contributed by atoms with Gasteiger partial charge in [0.25, 0.3) is 0 Å². The Hall–Kier alpha value is 0.265. The van der Waals surface area contributed by atoms with Crippen LogP contribution in [0.2, 0.25) is 21.5 Å². The van der Waals surface area contributed by atoms with Crippen molar-refractivity contribution < 1.29 is 29.3 Å². The van der Waals surface area contributed by atoms with Crippen molar-refractivity contribution in [3.8, 4) is 0 Å². The van der Waals surface area contributed by atoms with E-state index >= 15 is 0 Å². The molecule has 0 bridgehead atoms. The molecule has 0 saturated heterocycles. The fourth-order valence-electron chi connectivity index (χ4n) is 3.93. The van der Waals surface area contributed by atoms with Gasteiger partial charge in [0.1, 0.15) is 0 Å². The van der Waals surface area contributed by atoms with E-state index in [9.17, 15) is 0 Å². The molecule has 27 heavy (non-hydrogen) atoms. The number of rotatable bonds is 15. The van der Waals surface area contributed by atoms with E-state index in [2.05, 4.69) is 35.0 Å². The van der Waals surface area contributed by atoms with E-state index in [1.54, 1.807) is 25.3 Å². The van der Waals surface area contributed by atoms with Crippen molar-refractivity contribution in [1.82, 2.24) is 0 Å². The van der Waals surface area contributed by atoms with E-state index < -0.39 is 24.9 Å². The summed E-state index contributed by atoms with van der Waals surface area (Å²) in [6, 6.07) is 0. The molecule has 3 nitrogen and oxygen atoms in total. The SMILES string of the molecule is CCCCCCCCCCC(C1=[C]([Pt]([CH3])([CH3])[CH3])CC=C1)[Si](OC)(OC)OC. The number of allylic oxidation sites excluding steroid dienone is 4.